The zero-order valence-corrected chi connectivity index (χ0v) is 8.05. The molecule has 0 saturated carbocycles. The van der Waals surface area contributed by atoms with Gasteiger partial charge in [0, 0.05) is 4.47 Å². The second kappa shape index (κ2) is 2.48. The van der Waals surface area contributed by atoms with Crippen LogP contribution in [0.15, 0.2) is 21.1 Å². The Labute approximate surface area is 77.7 Å². The number of nitrogen functional groups attached to an aromatic ring is 1. The van der Waals surface area contributed by atoms with Crippen LogP contribution in [0.25, 0.3) is 11.0 Å². The Morgan fingerprint density at radius 2 is 2.25 bits per heavy atom. The Kier molecular flexibility index (Phi) is 1.58. The number of hydrogen-bond acceptors (Lipinski definition) is 3. The van der Waals surface area contributed by atoms with E-state index in [1.165, 1.54) is 0 Å². The summed E-state index contributed by atoms with van der Waals surface area (Å²) in [6, 6.07) is 3.68. The lowest BCUT2D eigenvalue weighted by Crippen LogP contribution is -1.84. The molecule has 0 fully saturated rings. The molecule has 0 aliphatic rings. The van der Waals surface area contributed by atoms with E-state index in [9.17, 15) is 0 Å². The summed E-state index contributed by atoms with van der Waals surface area (Å²) in [7, 11) is 0. The van der Waals surface area contributed by atoms with Gasteiger partial charge in [-0.25, -0.2) is 0 Å². The van der Waals surface area contributed by atoms with E-state index in [1.54, 1.807) is 6.07 Å². The van der Waals surface area contributed by atoms with Gasteiger partial charge >= 0.3 is 0 Å². The standard InChI is InChI=1S/C8H7BrN2O/c1-4-7-5(9)2-3-6(10)8(7)12-11-4/h2-3H,10H2,1H3. The van der Waals surface area contributed by atoms with Crippen molar-refractivity contribution in [2.75, 3.05) is 5.73 Å². The molecule has 4 heteroatoms. The number of hydrogen-bond donors (Lipinski definition) is 1. The third-order valence-corrected chi connectivity index (χ3v) is 2.43. The van der Waals surface area contributed by atoms with Crippen molar-refractivity contribution in [3.05, 3.63) is 22.3 Å². The number of nitrogens with zero attached hydrogens (tertiary/aromatic N) is 1. The van der Waals surface area contributed by atoms with Gasteiger partial charge in [0.25, 0.3) is 0 Å². The minimum absolute atomic E-state index is 0.619. The maximum absolute atomic E-state index is 5.68. The summed E-state index contributed by atoms with van der Waals surface area (Å²) in [5, 5.41) is 4.79. The Morgan fingerprint density at radius 3 is 2.92 bits per heavy atom. The van der Waals surface area contributed by atoms with E-state index in [-0.39, 0.29) is 0 Å². The molecule has 0 spiro atoms. The fraction of sp³-hybridized carbons (Fsp3) is 0.125. The molecule has 0 atom stereocenters. The highest BCUT2D eigenvalue weighted by molar-refractivity contribution is 9.10. The lowest BCUT2D eigenvalue weighted by atomic mass is 10.2. The number of fused-ring (bicyclic) bond motifs is 1. The van der Waals surface area contributed by atoms with Crippen LogP contribution in [0.1, 0.15) is 5.69 Å². The maximum Gasteiger partial charge on any atom is 0.191 e. The smallest absolute Gasteiger partial charge is 0.191 e. The van der Waals surface area contributed by atoms with Crippen molar-refractivity contribution in [2.45, 2.75) is 6.92 Å². The molecular weight excluding hydrogens is 220 g/mol. The maximum atomic E-state index is 5.68. The van der Waals surface area contributed by atoms with Crippen molar-refractivity contribution < 1.29 is 4.52 Å². The average molecular weight is 227 g/mol. The Hall–Kier alpha value is -1.03. The predicted molar refractivity (Wildman–Crippen MR) is 50.9 cm³/mol. The van der Waals surface area contributed by atoms with Gasteiger partial charge in [-0.2, -0.15) is 0 Å². The molecule has 1 heterocycles. The van der Waals surface area contributed by atoms with Crippen LogP contribution >= 0.6 is 15.9 Å². The number of rotatable bonds is 0. The van der Waals surface area contributed by atoms with Crippen molar-refractivity contribution in [1.82, 2.24) is 5.16 Å². The first kappa shape index (κ1) is 7.61. The van der Waals surface area contributed by atoms with Crippen LogP contribution in [-0.4, -0.2) is 5.16 Å². The number of halogens is 1. The van der Waals surface area contributed by atoms with Gasteiger partial charge in [0.1, 0.15) is 0 Å². The van der Waals surface area contributed by atoms with Crippen molar-refractivity contribution >= 4 is 32.6 Å². The van der Waals surface area contributed by atoms with Crippen molar-refractivity contribution in [1.29, 1.82) is 0 Å². The molecule has 0 aliphatic heterocycles. The third-order valence-electron chi connectivity index (χ3n) is 1.77. The van der Waals surface area contributed by atoms with Gasteiger partial charge in [0.15, 0.2) is 5.58 Å². The highest BCUT2D eigenvalue weighted by Gasteiger charge is 2.09. The third kappa shape index (κ3) is 0.914. The molecule has 12 heavy (non-hydrogen) atoms. The first-order chi connectivity index (χ1) is 5.70. The van der Waals surface area contributed by atoms with E-state index >= 15 is 0 Å². The van der Waals surface area contributed by atoms with E-state index in [4.69, 9.17) is 10.3 Å². The molecule has 3 nitrogen and oxygen atoms in total. The largest absolute Gasteiger partial charge is 0.396 e. The monoisotopic (exact) mass is 226 g/mol. The average Bonchev–Trinajstić information content (AvgIpc) is 2.42. The fourth-order valence-corrected chi connectivity index (χ4v) is 1.77. The summed E-state index contributed by atoms with van der Waals surface area (Å²) in [4.78, 5) is 0. The molecule has 0 amide bonds. The normalized spacial score (nSPS) is 10.8. The molecule has 2 rings (SSSR count). The van der Waals surface area contributed by atoms with E-state index < -0.39 is 0 Å². The molecule has 0 unspecified atom stereocenters. The van der Waals surface area contributed by atoms with E-state index in [0.717, 1.165) is 15.6 Å². The molecule has 62 valence electrons. The predicted octanol–water partition coefficient (Wildman–Crippen LogP) is 2.48. The topological polar surface area (TPSA) is 52.0 Å². The van der Waals surface area contributed by atoms with Crippen molar-refractivity contribution in [3.63, 3.8) is 0 Å². The molecule has 0 saturated heterocycles. The van der Waals surface area contributed by atoms with Gasteiger partial charge in [0.2, 0.25) is 0 Å². The molecule has 0 aliphatic carbocycles. The van der Waals surface area contributed by atoms with Crippen LogP contribution < -0.4 is 5.73 Å². The van der Waals surface area contributed by atoms with Gasteiger partial charge in [-0.15, -0.1) is 0 Å². The first-order valence-corrected chi connectivity index (χ1v) is 4.29. The van der Waals surface area contributed by atoms with Crippen LogP contribution in [0, 0.1) is 6.92 Å². The molecule has 0 bridgehead atoms. The van der Waals surface area contributed by atoms with Crippen LogP contribution in [0.3, 0.4) is 0 Å². The van der Waals surface area contributed by atoms with Crippen LogP contribution in [0.4, 0.5) is 5.69 Å². The van der Waals surface area contributed by atoms with Crippen molar-refractivity contribution in [2.24, 2.45) is 0 Å². The van der Waals surface area contributed by atoms with Crippen molar-refractivity contribution in [3.8, 4) is 0 Å². The summed E-state index contributed by atoms with van der Waals surface area (Å²) in [6.07, 6.45) is 0. The number of aromatic nitrogens is 1. The zero-order valence-electron chi connectivity index (χ0n) is 6.47. The summed E-state index contributed by atoms with van der Waals surface area (Å²) >= 11 is 3.41. The minimum Gasteiger partial charge on any atom is -0.396 e. The van der Waals surface area contributed by atoms with Gasteiger partial charge in [-0.05, 0) is 35.0 Å². The fourth-order valence-electron chi connectivity index (χ4n) is 1.17. The number of aryl methyl sites for hydroxylation is 1. The number of nitrogens with two attached hydrogens (primary N) is 1. The highest BCUT2D eigenvalue weighted by atomic mass is 79.9. The zero-order chi connectivity index (χ0) is 8.72. The molecule has 1 aromatic carbocycles. The Balaban J connectivity index is 2.98. The molecule has 1 aromatic heterocycles. The van der Waals surface area contributed by atoms with Gasteiger partial charge < -0.3 is 10.3 Å². The summed E-state index contributed by atoms with van der Waals surface area (Å²) < 4.78 is 6.02. The van der Waals surface area contributed by atoms with Crippen LogP contribution in [0.5, 0.6) is 0 Å². The summed E-state index contributed by atoms with van der Waals surface area (Å²) in [5.41, 5.74) is 7.81. The van der Waals surface area contributed by atoms with E-state index in [0.29, 0.717) is 11.3 Å². The molecular formula is C8H7BrN2O. The van der Waals surface area contributed by atoms with Gasteiger partial charge in [-0.3, -0.25) is 0 Å². The highest BCUT2D eigenvalue weighted by Crippen LogP contribution is 2.30. The molecule has 0 radical (unpaired) electrons. The quantitative estimate of drug-likeness (QED) is 0.703. The lowest BCUT2D eigenvalue weighted by molar-refractivity contribution is 0.451. The van der Waals surface area contributed by atoms with Crippen LogP contribution in [0.2, 0.25) is 0 Å². The number of benzene rings is 1. The molecule has 2 aromatic rings. The minimum atomic E-state index is 0.619. The first-order valence-electron chi connectivity index (χ1n) is 3.50. The summed E-state index contributed by atoms with van der Waals surface area (Å²) in [5.74, 6) is 0. The Morgan fingerprint density at radius 1 is 1.50 bits per heavy atom. The SMILES string of the molecule is Cc1noc2c(N)ccc(Br)c12. The van der Waals surface area contributed by atoms with E-state index in [2.05, 4.69) is 21.1 Å². The lowest BCUT2D eigenvalue weighted by Gasteiger charge is -1.95. The Bertz CT molecular complexity index is 436. The van der Waals surface area contributed by atoms with Gasteiger partial charge in [-0.1, -0.05) is 5.16 Å². The van der Waals surface area contributed by atoms with Gasteiger partial charge in [0.05, 0.1) is 16.8 Å². The second-order valence-electron chi connectivity index (χ2n) is 2.61. The summed E-state index contributed by atoms with van der Waals surface area (Å²) in [6.45, 7) is 1.88. The number of anilines is 1. The van der Waals surface area contributed by atoms with E-state index in [1.807, 2.05) is 13.0 Å². The second-order valence-corrected chi connectivity index (χ2v) is 3.46. The molecule has 2 N–H and O–H groups in total. The van der Waals surface area contributed by atoms with Crippen LogP contribution in [-0.2, 0) is 0 Å².